The summed E-state index contributed by atoms with van der Waals surface area (Å²) in [5.74, 6) is -0.418. The minimum atomic E-state index is -0.959. The van der Waals surface area contributed by atoms with E-state index in [1.165, 1.54) is 24.4 Å². The van der Waals surface area contributed by atoms with E-state index in [1.807, 2.05) is 36.5 Å². The lowest BCUT2D eigenvalue weighted by atomic mass is 10.1. The molecule has 3 aromatic rings. The molecule has 6 nitrogen and oxygen atoms in total. The van der Waals surface area contributed by atoms with Gasteiger partial charge in [-0.05, 0) is 65.9 Å². The number of hydrogen-bond donors (Lipinski definition) is 3. The van der Waals surface area contributed by atoms with Crippen LogP contribution < -0.4 is 9.62 Å². The Morgan fingerprint density at radius 3 is 2.66 bits per heavy atom. The molecule has 0 spiro atoms. The Labute approximate surface area is 201 Å². The summed E-state index contributed by atoms with van der Waals surface area (Å²) >= 11 is 14.0. The molecule has 0 amide bonds. The SMILES string of the molecule is CCc1cc(C(=O)O)ccc1SN(Cc1ccc(NC)c(C=N)c1)c1ncc(Cl)cc1Cl. The first-order chi connectivity index (χ1) is 15.4. The van der Waals surface area contributed by atoms with Crippen LogP contribution in [0.1, 0.15) is 34.0 Å². The highest BCUT2D eigenvalue weighted by molar-refractivity contribution is 8.00. The Kier molecular flexibility index (Phi) is 8.01. The summed E-state index contributed by atoms with van der Waals surface area (Å²) < 4.78 is 1.94. The zero-order chi connectivity index (χ0) is 23.3. The predicted octanol–water partition coefficient (Wildman–Crippen LogP) is 6.40. The number of benzene rings is 2. The first kappa shape index (κ1) is 23.9. The van der Waals surface area contributed by atoms with Gasteiger partial charge in [-0.25, -0.2) is 9.78 Å². The molecule has 9 heteroatoms. The molecule has 0 aliphatic heterocycles. The molecule has 3 rings (SSSR count). The molecule has 2 aromatic carbocycles. The largest absolute Gasteiger partial charge is 0.478 e. The van der Waals surface area contributed by atoms with Crippen LogP contribution in [-0.2, 0) is 13.0 Å². The molecule has 1 aromatic heterocycles. The van der Waals surface area contributed by atoms with Crippen molar-refractivity contribution in [3.63, 3.8) is 0 Å². The summed E-state index contributed by atoms with van der Waals surface area (Å²) in [6.07, 6.45) is 3.52. The number of nitrogens with zero attached hydrogens (tertiary/aromatic N) is 2. The average Bonchev–Trinajstić information content (AvgIpc) is 2.78. The maximum atomic E-state index is 11.4. The lowest BCUT2D eigenvalue weighted by molar-refractivity contribution is 0.0696. The lowest BCUT2D eigenvalue weighted by Gasteiger charge is -2.25. The normalized spacial score (nSPS) is 10.6. The number of carboxylic acid groups (broad SMARTS) is 1. The van der Waals surface area contributed by atoms with Gasteiger partial charge in [-0.1, -0.05) is 36.2 Å². The number of carbonyl (C=O) groups is 1. The van der Waals surface area contributed by atoms with Crippen LogP contribution in [-0.4, -0.2) is 29.3 Å². The third kappa shape index (κ3) is 5.54. The van der Waals surface area contributed by atoms with Crippen molar-refractivity contribution in [3.05, 3.63) is 81.0 Å². The number of anilines is 2. The van der Waals surface area contributed by atoms with Crippen LogP contribution in [0, 0.1) is 5.41 Å². The molecule has 0 aliphatic rings. The molecule has 0 unspecified atom stereocenters. The number of aryl methyl sites for hydroxylation is 1. The number of halogens is 2. The summed E-state index contributed by atoms with van der Waals surface area (Å²) in [5, 5.41) is 20.9. The lowest BCUT2D eigenvalue weighted by Crippen LogP contribution is -2.16. The summed E-state index contributed by atoms with van der Waals surface area (Å²) in [7, 11) is 1.81. The fourth-order valence-electron chi connectivity index (χ4n) is 3.16. The van der Waals surface area contributed by atoms with Crippen molar-refractivity contribution < 1.29 is 9.90 Å². The van der Waals surface area contributed by atoms with Crippen LogP contribution >= 0.6 is 35.1 Å². The van der Waals surface area contributed by atoms with Gasteiger partial charge in [-0.15, -0.1) is 0 Å². The third-order valence-corrected chi connectivity index (χ3v) is 6.39. The summed E-state index contributed by atoms with van der Waals surface area (Å²) in [4.78, 5) is 16.7. The smallest absolute Gasteiger partial charge is 0.335 e. The maximum Gasteiger partial charge on any atom is 0.335 e. The zero-order valence-corrected chi connectivity index (χ0v) is 19.9. The van der Waals surface area contributed by atoms with Crippen molar-refractivity contribution in [2.45, 2.75) is 24.8 Å². The number of pyridine rings is 1. The van der Waals surface area contributed by atoms with E-state index >= 15 is 0 Å². The topological polar surface area (TPSA) is 89.3 Å². The molecule has 1 heterocycles. The summed E-state index contributed by atoms with van der Waals surface area (Å²) in [6, 6.07) is 12.6. The molecule has 0 saturated heterocycles. The van der Waals surface area contributed by atoms with E-state index in [1.54, 1.807) is 24.3 Å². The number of aromatic carboxylic acids is 1. The van der Waals surface area contributed by atoms with Gasteiger partial charge >= 0.3 is 5.97 Å². The van der Waals surface area contributed by atoms with Gasteiger partial charge in [0.15, 0.2) is 5.82 Å². The van der Waals surface area contributed by atoms with Gasteiger partial charge in [0, 0.05) is 35.6 Å². The second-order valence-corrected chi connectivity index (χ2v) is 8.79. The maximum absolute atomic E-state index is 11.4. The van der Waals surface area contributed by atoms with Crippen molar-refractivity contribution >= 4 is 58.8 Å². The van der Waals surface area contributed by atoms with Crippen molar-refractivity contribution in [2.75, 3.05) is 16.7 Å². The monoisotopic (exact) mass is 488 g/mol. The summed E-state index contributed by atoms with van der Waals surface area (Å²) in [6.45, 7) is 2.43. The average molecular weight is 489 g/mol. The second-order valence-electron chi connectivity index (χ2n) is 6.88. The molecule has 0 aliphatic carbocycles. The molecule has 0 bridgehead atoms. The zero-order valence-electron chi connectivity index (χ0n) is 17.5. The Balaban J connectivity index is 2.02. The van der Waals surface area contributed by atoms with E-state index in [2.05, 4.69) is 10.3 Å². The molecule has 166 valence electrons. The van der Waals surface area contributed by atoms with Crippen LogP contribution in [0.5, 0.6) is 0 Å². The third-order valence-electron chi connectivity index (χ3n) is 4.79. The minimum Gasteiger partial charge on any atom is -0.478 e. The molecule has 32 heavy (non-hydrogen) atoms. The van der Waals surface area contributed by atoms with Crippen LogP contribution in [0.15, 0.2) is 53.6 Å². The number of rotatable bonds is 9. The van der Waals surface area contributed by atoms with Gasteiger partial charge in [-0.3, -0.25) is 4.31 Å². The van der Waals surface area contributed by atoms with Gasteiger partial charge in [0.25, 0.3) is 0 Å². The Morgan fingerprint density at radius 2 is 2.03 bits per heavy atom. The molecule has 0 atom stereocenters. The van der Waals surface area contributed by atoms with E-state index in [9.17, 15) is 9.90 Å². The number of carboxylic acids is 1. The first-order valence-electron chi connectivity index (χ1n) is 9.80. The van der Waals surface area contributed by atoms with Crippen molar-refractivity contribution in [1.29, 1.82) is 5.41 Å². The quantitative estimate of drug-likeness (QED) is 0.238. The molecule has 0 fully saturated rings. The van der Waals surface area contributed by atoms with E-state index < -0.39 is 5.97 Å². The van der Waals surface area contributed by atoms with E-state index in [0.29, 0.717) is 28.8 Å². The first-order valence-corrected chi connectivity index (χ1v) is 11.3. The van der Waals surface area contributed by atoms with Crippen molar-refractivity contribution in [3.8, 4) is 0 Å². The van der Waals surface area contributed by atoms with Gasteiger partial charge in [0.1, 0.15) is 0 Å². The van der Waals surface area contributed by atoms with E-state index in [-0.39, 0.29) is 5.56 Å². The highest BCUT2D eigenvalue weighted by Gasteiger charge is 2.18. The Hall–Kier alpha value is -2.74. The Morgan fingerprint density at radius 1 is 1.25 bits per heavy atom. The van der Waals surface area contributed by atoms with Gasteiger partial charge < -0.3 is 15.8 Å². The molecule has 3 N–H and O–H groups in total. The molecular weight excluding hydrogens is 467 g/mol. The van der Waals surface area contributed by atoms with Crippen LogP contribution in [0.2, 0.25) is 10.0 Å². The van der Waals surface area contributed by atoms with Crippen LogP contribution in [0.4, 0.5) is 11.5 Å². The fourth-order valence-corrected chi connectivity index (χ4v) is 4.83. The highest BCUT2D eigenvalue weighted by Crippen LogP contribution is 2.37. The Bertz CT molecular complexity index is 1160. The van der Waals surface area contributed by atoms with Gasteiger partial charge in [0.05, 0.1) is 22.2 Å². The minimum absolute atomic E-state index is 0.249. The predicted molar refractivity (Wildman–Crippen MR) is 133 cm³/mol. The van der Waals surface area contributed by atoms with Crippen molar-refractivity contribution in [1.82, 2.24) is 4.98 Å². The van der Waals surface area contributed by atoms with Gasteiger partial charge in [-0.2, -0.15) is 0 Å². The highest BCUT2D eigenvalue weighted by atomic mass is 35.5. The molecular formula is C23H22Cl2N4O2S. The molecule has 0 radical (unpaired) electrons. The van der Waals surface area contributed by atoms with E-state index in [4.69, 9.17) is 28.6 Å². The number of nitrogens with one attached hydrogen (secondary N) is 2. The van der Waals surface area contributed by atoms with Crippen LogP contribution in [0.3, 0.4) is 0 Å². The van der Waals surface area contributed by atoms with Crippen LogP contribution in [0.25, 0.3) is 0 Å². The molecule has 0 saturated carbocycles. The fraction of sp³-hybridized carbons (Fsp3) is 0.174. The van der Waals surface area contributed by atoms with E-state index in [0.717, 1.165) is 27.3 Å². The number of aromatic nitrogens is 1. The standard InChI is InChI=1S/C23H22Cl2N4O2S/c1-3-15-9-16(23(30)31)5-7-21(15)32-29(22-19(25)10-18(24)12-28-22)13-14-4-6-20(27-2)17(8-14)11-26/h4-12,26-27H,3,13H2,1-2H3,(H,30,31). The van der Waals surface area contributed by atoms with Crippen molar-refractivity contribution in [2.24, 2.45) is 0 Å². The van der Waals surface area contributed by atoms with Gasteiger partial charge in [0.2, 0.25) is 0 Å². The number of hydrogen-bond acceptors (Lipinski definition) is 6. The second kappa shape index (κ2) is 10.7. The summed E-state index contributed by atoms with van der Waals surface area (Å²) in [5.41, 5.74) is 3.76.